The van der Waals surface area contributed by atoms with Crippen LogP contribution in [0.2, 0.25) is 0 Å². The second-order valence-electron chi connectivity index (χ2n) is 3.94. The molecule has 100 valence electrons. The topological polar surface area (TPSA) is 72.2 Å². The van der Waals surface area contributed by atoms with Gasteiger partial charge >= 0.3 is 0 Å². The van der Waals surface area contributed by atoms with Gasteiger partial charge in [-0.3, -0.25) is 14.9 Å². The zero-order valence-electron chi connectivity index (χ0n) is 10.4. The lowest BCUT2D eigenvalue weighted by Crippen LogP contribution is -2.33. The second-order valence-corrected chi connectivity index (χ2v) is 4.85. The van der Waals surface area contributed by atoms with Crippen LogP contribution < -0.4 is 5.32 Å². The average Bonchev–Trinajstić information content (AvgIpc) is 2.37. The summed E-state index contributed by atoms with van der Waals surface area (Å²) in [6.07, 6.45) is 6.82. The number of nitro benzene ring substituents is 1. The number of hydrogen-bond acceptors (Lipinski definition) is 3. The summed E-state index contributed by atoms with van der Waals surface area (Å²) in [5.74, 6) is 2.06. The molecule has 1 amide bonds. The molecule has 0 spiro atoms. The smallest absolute Gasteiger partial charge is 0.271 e. The van der Waals surface area contributed by atoms with E-state index in [1.807, 2.05) is 6.92 Å². The molecule has 1 atom stereocenters. The van der Waals surface area contributed by atoms with Crippen molar-refractivity contribution in [3.63, 3.8) is 0 Å². The van der Waals surface area contributed by atoms with E-state index in [0.29, 0.717) is 10.9 Å². The molecule has 1 unspecified atom stereocenters. The summed E-state index contributed by atoms with van der Waals surface area (Å²) in [5.41, 5.74) is 0.0599. The predicted octanol–water partition coefficient (Wildman–Crippen LogP) is 2.89. The van der Waals surface area contributed by atoms with Gasteiger partial charge in [-0.25, -0.2) is 0 Å². The molecule has 0 aliphatic heterocycles. The van der Waals surface area contributed by atoms with Crippen LogP contribution in [0.5, 0.6) is 0 Å². The fraction of sp³-hybridized carbons (Fsp3) is 0.308. The first-order chi connectivity index (χ1) is 8.97. The van der Waals surface area contributed by atoms with Crippen LogP contribution in [0, 0.1) is 22.5 Å². The van der Waals surface area contributed by atoms with E-state index in [-0.39, 0.29) is 17.3 Å². The molecule has 0 radical (unpaired) electrons. The van der Waals surface area contributed by atoms with E-state index in [1.165, 1.54) is 18.2 Å². The van der Waals surface area contributed by atoms with Gasteiger partial charge in [-0.2, -0.15) is 0 Å². The minimum atomic E-state index is -0.549. The molecule has 0 saturated heterocycles. The third kappa shape index (κ3) is 4.38. The van der Waals surface area contributed by atoms with E-state index in [1.54, 1.807) is 0 Å². The molecule has 0 heterocycles. The van der Waals surface area contributed by atoms with Crippen molar-refractivity contribution in [2.45, 2.75) is 25.8 Å². The van der Waals surface area contributed by atoms with Gasteiger partial charge in [0, 0.05) is 22.2 Å². The van der Waals surface area contributed by atoms with Crippen LogP contribution in [0.3, 0.4) is 0 Å². The van der Waals surface area contributed by atoms with Crippen molar-refractivity contribution in [3.05, 3.63) is 38.3 Å². The first kappa shape index (κ1) is 15.2. The van der Waals surface area contributed by atoms with E-state index < -0.39 is 10.8 Å². The Labute approximate surface area is 119 Å². The zero-order chi connectivity index (χ0) is 14.4. The van der Waals surface area contributed by atoms with Crippen LogP contribution in [0.15, 0.2) is 22.7 Å². The summed E-state index contributed by atoms with van der Waals surface area (Å²) in [7, 11) is 0. The summed E-state index contributed by atoms with van der Waals surface area (Å²) < 4.78 is 0.472. The highest BCUT2D eigenvalue weighted by molar-refractivity contribution is 9.10. The number of carbonyl (C=O) groups is 1. The lowest BCUT2D eigenvalue weighted by Gasteiger charge is -2.12. The maximum atomic E-state index is 12.0. The van der Waals surface area contributed by atoms with Gasteiger partial charge < -0.3 is 5.32 Å². The van der Waals surface area contributed by atoms with Crippen molar-refractivity contribution in [2.75, 3.05) is 0 Å². The number of benzene rings is 1. The van der Waals surface area contributed by atoms with Crippen LogP contribution in [0.4, 0.5) is 5.69 Å². The molecule has 1 rings (SSSR count). The summed E-state index contributed by atoms with van der Waals surface area (Å²) in [6.45, 7) is 1.96. The summed E-state index contributed by atoms with van der Waals surface area (Å²) in [4.78, 5) is 22.1. The van der Waals surface area contributed by atoms with Gasteiger partial charge in [-0.1, -0.05) is 35.2 Å². The predicted molar refractivity (Wildman–Crippen MR) is 75.8 cm³/mol. The van der Waals surface area contributed by atoms with Crippen molar-refractivity contribution in [2.24, 2.45) is 0 Å². The van der Waals surface area contributed by atoms with E-state index in [9.17, 15) is 14.9 Å². The van der Waals surface area contributed by atoms with E-state index in [0.717, 1.165) is 6.42 Å². The maximum absolute atomic E-state index is 12.0. The molecule has 0 bridgehead atoms. The van der Waals surface area contributed by atoms with Crippen LogP contribution in [-0.4, -0.2) is 16.9 Å². The third-order valence-electron chi connectivity index (χ3n) is 2.44. The third-order valence-corrected chi connectivity index (χ3v) is 2.90. The molecule has 19 heavy (non-hydrogen) atoms. The molecule has 5 nitrogen and oxygen atoms in total. The van der Waals surface area contributed by atoms with Crippen molar-refractivity contribution < 1.29 is 9.72 Å². The lowest BCUT2D eigenvalue weighted by atomic mass is 10.1. The summed E-state index contributed by atoms with van der Waals surface area (Å²) in [5, 5.41) is 13.4. The molecule has 0 fully saturated rings. The number of non-ortho nitro benzene ring substituents is 1. The number of rotatable bonds is 5. The molecule has 0 aliphatic rings. The molecule has 6 heteroatoms. The van der Waals surface area contributed by atoms with E-state index in [2.05, 4.69) is 27.2 Å². The van der Waals surface area contributed by atoms with Gasteiger partial charge in [-0.15, -0.1) is 6.42 Å². The largest absolute Gasteiger partial charge is 0.338 e. The highest BCUT2D eigenvalue weighted by atomic mass is 79.9. The number of nitrogens with zero attached hydrogens (tertiary/aromatic N) is 1. The monoisotopic (exact) mass is 324 g/mol. The van der Waals surface area contributed by atoms with Gasteiger partial charge in [-0.05, 0) is 12.5 Å². The minimum absolute atomic E-state index is 0.146. The Bertz CT molecular complexity index is 537. The first-order valence-corrected chi connectivity index (χ1v) is 6.49. The highest BCUT2D eigenvalue weighted by Crippen LogP contribution is 2.21. The fourth-order valence-corrected chi connectivity index (χ4v) is 2.02. The normalized spacial score (nSPS) is 11.4. The van der Waals surface area contributed by atoms with Crippen LogP contribution in [0.1, 0.15) is 30.1 Å². The van der Waals surface area contributed by atoms with Gasteiger partial charge in [0.15, 0.2) is 0 Å². The van der Waals surface area contributed by atoms with E-state index in [4.69, 9.17) is 6.42 Å². The molecule has 0 aliphatic carbocycles. The SMILES string of the molecule is C#CC(CCC)NC(=O)c1cc(Br)cc([N+](=O)[O-])c1. The molecule has 0 saturated carbocycles. The number of hydrogen-bond donors (Lipinski definition) is 1. The van der Waals surface area contributed by atoms with Gasteiger partial charge in [0.2, 0.25) is 0 Å². The Morgan fingerprint density at radius 3 is 2.79 bits per heavy atom. The van der Waals surface area contributed by atoms with Crippen LogP contribution in [0.25, 0.3) is 0 Å². The zero-order valence-corrected chi connectivity index (χ0v) is 11.9. The van der Waals surface area contributed by atoms with Gasteiger partial charge in [0.05, 0.1) is 11.0 Å². The number of amides is 1. The molecule has 1 N–H and O–H groups in total. The first-order valence-electron chi connectivity index (χ1n) is 5.70. The highest BCUT2D eigenvalue weighted by Gasteiger charge is 2.15. The Hall–Kier alpha value is -1.87. The van der Waals surface area contributed by atoms with Gasteiger partial charge in [0.1, 0.15) is 0 Å². The number of carbonyl (C=O) groups excluding carboxylic acids is 1. The van der Waals surface area contributed by atoms with Crippen molar-refractivity contribution in [1.29, 1.82) is 0 Å². The molecule has 0 aromatic heterocycles. The Morgan fingerprint density at radius 2 is 2.26 bits per heavy atom. The number of nitrogens with one attached hydrogen (secondary N) is 1. The van der Waals surface area contributed by atoms with Crippen LogP contribution >= 0.6 is 15.9 Å². The van der Waals surface area contributed by atoms with Gasteiger partial charge in [0.25, 0.3) is 11.6 Å². The number of halogens is 1. The van der Waals surface area contributed by atoms with E-state index >= 15 is 0 Å². The van der Waals surface area contributed by atoms with Crippen LogP contribution in [-0.2, 0) is 0 Å². The Kier molecular flexibility index (Phi) is 5.52. The summed E-state index contributed by atoms with van der Waals surface area (Å²) in [6, 6.07) is 3.71. The lowest BCUT2D eigenvalue weighted by molar-refractivity contribution is -0.385. The van der Waals surface area contributed by atoms with Crippen molar-refractivity contribution in [1.82, 2.24) is 5.32 Å². The fourth-order valence-electron chi connectivity index (χ4n) is 1.54. The Balaban J connectivity index is 2.94. The number of nitro groups is 1. The Morgan fingerprint density at radius 1 is 1.58 bits per heavy atom. The standard InChI is InChI=1S/C13H13BrN2O3/c1-3-5-11(4-2)15-13(17)9-6-10(14)8-12(7-9)16(18)19/h2,6-8,11H,3,5H2,1H3,(H,15,17). The second kappa shape index (κ2) is 6.90. The molecule has 1 aromatic carbocycles. The summed E-state index contributed by atoms with van der Waals surface area (Å²) >= 11 is 3.14. The average molecular weight is 325 g/mol. The minimum Gasteiger partial charge on any atom is -0.338 e. The molecular formula is C13H13BrN2O3. The molecular weight excluding hydrogens is 312 g/mol. The maximum Gasteiger partial charge on any atom is 0.271 e. The molecule has 1 aromatic rings. The number of terminal acetylenes is 1. The van der Waals surface area contributed by atoms with Crippen molar-refractivity contribution >= 4 is 27.5 Å². The quantitative estimate of drug-likeness (QED) is 0.514. The van der Waals surface area contributed by atoms with Crippen molar-refractivity contribution in [3.8, 4) is 12.3 Å².